The molecule has 0 aliphatic carbocycles. The van der Waals surface area contributed by atoms with E-state index in [2.05, 4.69) is 20.6 Å². The molecule has 2 N–H and O–H groups in total. The van der Waals surface area contributed by atoms with Crippen LogP contribution in [0.1, 0.15) is 61.8 Å². The summed E-state index contributed by atoms with van der Waals surface area (Å²) in [7, 11) is -0.496. The maximum atomic E-state index is 12.7. The summed E-state index contributed by atoms with van der Waals surface area (Å²) in [5.41, 5.74) is -0.670. The van der Waals surface area contributed by atoms with E-state index in [0.29, 0.717) is 25.6 Å². The van der Waals surface area contributed by atoms with Gasteiger partial charge >= 0.3 is 13.2 Å². The number of rotatable bonds is 6. The summed E-state index contributed by atoms with van der Waals surface area (Å²) in [6, 6.07) is -0.646. The van der Waals surface area contributed by atoms with Gasteiger partial charge in [-0.15, -0.1) is 0 Å². The Labute approximate surface area is 202 Å². The van der Waals surface area contributed by atoms with Gasteiger partial charge in [-0.25, -0.2) is 14.8 Å². The average molecular weight is 475 g/mol. The molecule has 0 radical (unpaired) electrons. The molecule has 10 nitrogen and oxygen atoms in total. The second-order valence-electron chi connectivity index (χ2n) is 11.1. The van der Waals surface area contributed by atoms with Crippen molar-refractivity contribution in [2.24, 2.45) is 5.92 Å². The van der Waals surface area contributed by atoms with Gasteiger partial charge in [0.25, 0.3) is 0 Å². The van der Waals surface area contributed by atoms with Gasteiger partial charge in [0.15, 0.2) is 0 Å². The van der Waals surface area contributed by atoms with Gasteiger partial charge in [-0.1, -0.05) is 0 Å². The van der Waals surface area contributed by atoms with Crippen LogP contribution in [0.25, 0.3) is 0 Å². The largest absolute Gasteiger partial charge is 0.498 e. The maximum Gasteiger partial charge on any atom is 0.498 e. The lowest BCUT2D eigenvalue weighted by Crippen LogP contribution is -2.47. The van der Waals surface area contributed by atoms with Gasteiger partial charge in [0.2, 0.25) is 11.9 Å². The molecule has 0 bridgehead atoms. The Bertz CT molecular complexity index is 871. The number of alkyl carbamates (subject to hydrolysis) is 1. The summed E-state index contributed by atoms with van der Waals surface area (Å²) in [5, 5.41) is 5.87. The number of hydrogen-bond acceptors (Lipinski definition) is 8. The van der Waals surface area contributed by atoms with Crippen LogP contribution in [0.15, 0.2) is 12.4 Å². The van der Waals surface area contributed by atoms with Crippen molar-refractivity contribution in [1.82, 2.24) is 20.2 Å². The smallest absolute Gasteiger partial charge is 0.444 e. The van der Waals surface area contributed by atoms with Crippen LogP contribution >= 0.6 is 0 Å². The molecule has 34 heavy (non-hydrogen) atoms. The van der Waals surface area contributed by atoms with Gasteiger partial charge in [-0.3, -0.25) is 4.79 Å². The fourth-order valence-corrected chi connectivity index (χ4v) is 3.79. The second-order valence-corrected chi connectivity index (χ2v) is 11.1. The second kappa shape index (κ2) is 9.69. The number of nitrogens with zero attached hydrogens (tertiary/aromatic N) is 3. The third-order valence-electron chi connectivity index (χ3n) is 6.45. The highest BCUT2D eigenvalue weighted by atomic mass is 16.7. The quantitative estimate of drug-likeness (QED) is 0.600. The van der Waals surface area contributed by atoms with Gasteiger partial charge in [-0.2, -0.15) is 0 Å². The van der Waals surface area contributed by atoms with Crippen LogP contribution in [-0.4, -0.2) is 76.5 Å². The van der Waals surface area contributed by atoms with Crippen molar-refractivity contribution in [3.05, 3.63) is 12.4 Å². The molecule has 2 aliphatic heterocycles. The highest BCUT2D eigenvalue weighted by Gasteiger charge is 2.52. The van der Waals surface area contributed by atoms with E-state index in [1.807, 2.05) is 27.7 Å². The van der Waals surface area contributed by atoms with Gasteiger partial charge in [0, 0.05) is 37.5 Å². The van der Waals surface area contributed by atoms with Crippen molar-refractivity contribution < 1.29 is 23.6 Å². The minimum Gasteiger partial charge on any atom is -0.444 e. The summed E-state index contributed by atoms with van der Waals surface area (Å²) in [5.74, 6) is 0.672. The van der Waals surface area contributed by atoms with Crippen LogP contribution in [0, 0.1) is 5.92 Å². The van der Waals surface area contributed by atoms with Crippen molar-refractivity contribution in [3.63, 3.8) is 0 Å². The van der Waals surface area contributed by atoms with Crippen molar-refractivity contribution in [2.75, 3.05) is 25.0 Å². The number of aromatic nitrogens is 2. The highest BCUT2D eigenvalue weighted by Crippen LogP contribution is 2.36. The van der Waals surface area contributed by atoms with E-state index < -0.39 is 36.1 Å². The Morgan fingerprint density at radius 3 is 2.35 bits per heavy atom. The summed E-state index contributed by atoms with van der Waals surface area (Å²) < 4.78 is 17.3. The average Bonchev–Trinajstić information content (AvgIpc) is 3.26. The Kier molecular flexibility index (Phi) is 7.47. The number of nitrogens with one attached hydrogen (secondary N) is 2. The zero-order chi connectivity index (χ0) is 25.3. The molecule has 0 aromatic carbocycles. The van der Waals surface area contributed by atoms with Crippen LogP contribution in [0.5, 0.6) is 0 Å². The summed E-state index contributed by atoms with van der Waals surface area (Å²) in [6.45, 7) is 17.0. The van der Waals surface area contributed by atoms with Crippen molar-refractivity contribution in [2.45, 2.75) is 84.7 Å². The molecule has 1 aromatic heterocycles. The molecule has 2 aliphatic rings. The monoisotopic (exact) mass is 475 g/mol. The lowest BCUT2D eigenvalue weighted by Gasteiger charge is -2.32. The summed E-state index contributed by atoms with van der Waals surface area (Å²) >= 11 is 0. The molecule has 188 valence electrons. The van der Waals surface area contributed by atoms with E-state index in [9.17, 15) is 9.59 Å². The van der Waals surface area contributed by atoms with Crippen molar-refractivity contribution in [3.8, 4) is 0 Å². The molecule has 0 unspecified atom stereocenters. The first-order chi connectivity index (χ1) is 15.7. The molecule has 2 amide bonds. The first kappa shape index (κ1) is 26.2. The standard InChI is InChI=1S/C23H38BN5O5/c1-15(28-20(31)32-21(2,3)4)18(30)29-10-9-16(14-29)11-25-19-26-12-17(13-27-19)24-33-22(5,6)23(7,8)34-24/h12-13,15-16H,9-11,14H2,1-8H3,(H,28,31)(H,25,26,27)/t15-,16-/m1/s1. The van der Waals surface area contributed by atoms with Gasteiger partial charge in [-0.05, 0) is 67.7 Å². The Balaban J connectivity index is 1.45. The third-order valence-corrected chi connectivity index (χ3v) is 6.45. The molecule has 3 heterocycles. The van der Waals surface area contributed by atoms with Crippen LogP contribution in [0.2, 0.25) is 0 Å². The summed E-state index contributed by atoms with van der Waals surface area (Å²) in [6.07, 6.45) is 3.70. The summed E-state index contributed by atoms with van der Waals surface area (Å²) in [4.78, 5) is 35.2. The first-order valence-corrected chi connectivity index (χ1v) is 11.9. The Hall–Kier alpha value is -2.40. The zero-order valence-corrected chi connectivity index (χ0v) is 21.6. The number of hydrogen-bond donors (Lipinski definition) is 2. The van der Waals surface area contributed by atoms with Crippen LogP contribution < -0.4 is 16.1 Å². The third kappa shape index (κ3) is 6.38. The van der Waals surface area contributed by atoms with E-state index in [0.717, 1.165) is 11.9 Å². The predicted molar refractivity (Wildman–Crippen MR) is 130 cm³/mol. The molecule has 2 atom stereocenters. The van der Waals surface area contributed by atoms with Gasteiger partial charge in [0.05, 0.1) is 11.2 Å². The van der Waals surface area contributed by atoms with Gasteiger partial charge in [0.1, 0.15) is 11.6 Å². The molecular weight excluding hydrogens is 437 g/mol. The minimum absolute atomic E-state index is 0.114. The van der Waals surface area contributed by atoms with E-state index in [1.165, 1.54) is 0 Å². The molecule has 3 rings (SSSR count). The lowest BCUT2D eigenvalue weighted by atomic mass is 9.81. The van der Waals surface area contributed by atoms with E-state index >= 15 is 0 Å². The lowest BCUT2D eigenvalue weighted by molar-refractivity contribution is -0.132. The molecular formula is C23H38BN5O5. The SMILES string of the molecule is C[C@@H](NC(=O)OC(C)(C)C)C(=O)N1CC[C@H](CNc2ncc(B3OC(C)(C)C(C)(C)O3)cn2)C1. The van der Waals surface area contributed by atoms with Crippen molar-refractivity contribution in [1.29, 1.82) is 0 Å². The normalized spacial score (nSPS) is 22.4. The van der Waals surface area contributed by atoms with Crippen LogP contribution in [0.3, 0.4) is 0 Å². The molecule has 2 saturated heterocycles. The predicted octanol–water partition coefficient (Wildman–Crippen LogP) is 1.95. The zero-order valence-electron chi connectivity index (χ0n) is 21.6. The van der Waals surface area contributed by atoms with Gasteiger partial charge < -0.3 is 29.6 Å². The minimum atomic E-state index is -0.646. The Morgan fingerprint density at radius 2 is 1.79 bits per heavy atom. The van der Waals surface area contributed by atoms with Crippen LogP contribution in [0.4, 0.5) is 10.7 Å². The molecule has 0 saturated carbocycles. The first-order valence-electron chi connectivity index (χ1n) is 11.9. The number of carbonyl (C=O) groups excluding carboxylic acids is 2. The van der Waals surface area contributed by atoms with Crippen molar-refractivity contribution >= 4 is 30.5 Å². The number of carbonyl (C=O) groups is 2. The van der Waals surface area contributed by atoms with E-state index in [4.69, 9.17) is 14.0 Å². The molecule has 0 spiro atoms. The fraction of sp³-hybridized carbons (Fsp3) is 0.739. The number of likely N-dealkylation sites (tertiary alicyclic amines) is 1. The maximum absolute atomic E-state index is 12.7. The van der Waals surface area contributed by atoms with E-state index in [1.54, 1.807) is 45.0 Å². The number of amides is 2. The fourth-order valence-electron chi connectivity index (χ4n) is 3.79. The molecule has 11 heteroatoms. The Morgan fingerprint density at radius 1 is 1.21 bits per heavy atom. The molecule has 1 aromatic rings. The van der Waals surface area contributed by atoms with Crippen LogP contribution in [-0.2, 0) is 18.8 Å². The highest BCUT2D eigenvalue weighted by molar-refractivity contribution is 6.61. The number of anilines is 1. The van der Waals surface area contributed by atoms with E-state index in [-0.39, 0.29) is 11.8 Å². The topological polar surface area (TPSA) is 115 Å². The number of ether oxygens (including phenoxy) is 1. The molecule has 2 fully saturated rings.